The minimum Gasteiger partial charge on any atom is -0.302 e. The minimum absolute atomic E-state index is 0.0303. The van der Waals surface area contributed by atoms with E-state index in [0.717, 1.165) is 23.0 Å². The van der Waals surface area contributed by atoms with Crippen LogP contribution in [-0.2, 0) is 6.54 Å². The van der Waals surface area contributed by atoms with Gasteiger partial charge in [-0.15, -0.1) is 6.42 Å². The summed E-state index contributed by atoms with van der Waals surface area (Å²) in [6.45, 7) is 1.94. The van der Waals surface area contributed by atoms with Crippen LogP contribution in [0.5, 0.6) is 0 Å². The average Bonchev–Trinajstić information content (AvgIpc) is 2.85. The summed E-state index contributed by atoms with van der Waals surface area (Å²) in [5.41, 5.74) is 1.58. The van der Waals surface area contributed by atoms with Crippen LogP contribution in [0.2, 0.25) is 0 Å². The molecule has 0 spiro atoms. The van der Waals surface area contributed by atoms with Gasteiger partial charge in [-0.1, -0.05) is 35.0 Å². The van der Waals surface area contributed by atoms with Crippen LogP contribution >= 0.6 is 11.3 Å². The number of halogens is 2. The van der Waals surface area contributed by atoms with Gasteiger partial charge in [0.2, 0.25) is 0 Å². The Bertz CT molecular complexity index is 1040. The van der Waals surface area contributed by atoms with Gasteiger partial charge in [-0.2, -0.15) is 4.99 Å². The minimum atomic E-state index is -0.735. The Kier molecular flexibility index (Phi) is 4.28. The Hall–Kier alpha value is -2.78. The van der Waals surface area contributed by atoms with E-state index in [-0.39, 0.29) is 16.9 Å². The summed E-state index contributed by atoms with van der Waals surface area (Å²) in [6.07, 6.45) is 5.33. The quantitative estimate of drug-likeness (QED) is 0.655. The number of thiazole rings is 1. The summed E-state index contributed by atoms with van der Waals surface area (Å²) >= 11 is 1.02. The van der Waals surface area contributed by atoms with Gasteiger partial charge in [0.15, 0.2) is 10.6 Å². The number of benzene rings is 2. The third kappa shape index (κ3) is 2.99. The lowest BCUT2D eigenvalue weighted by molar-refractivity contribution is 0.0998. The molecule has 0 aliphatic carbocycles. The van der Waals surface area contributed by atoms with Gasteiger partial charge in [0.1, 0.15) is 5.82 Å². The highest BCUT2D eigenvalue weighted by molar-refractivity contribution is 7.16. The fraction of sp³-hybridized carbons (Fsp3) is 0.111. The maximum Gasteiger partial charge on any atom is 0.279 e. The number of aromatic nitrogens is 1. The van der Waals surface area contributed by atoms with Crippen LogP contribution in [0, 0.1) is 30.9 Å². The van der Waals surface area contributed by atoms with E-state index >= 15 is 0 Å². The van der Waals surface area contributed by atoms with E-state index < -0.39 is 17.5 Å². The Morgan fingerprint density at radius 1 is 1.29 bits per heavy atom. The number of nitrogens with zero attached hydrogens (tertiary/aromatic N) is 2. The fourth-order valence-electron chi connectivity index (χ4n) is 2.30. The molecule has 0 saturated heterocycles. The number of aryl methyl sites for hydroxylation is 1. The first kappa shape index (κ1) is 16.1. The van der Waals surface area contributed by atoms with E-state index in [1.54, 1.807) is 24.3 Å². The molecule has 0 aliphatic heterocycles. The molecule has 0 atom stereocenters. The molecule has 24 heavy (non-hydrogen) atoms. The summed E-state index contributed by atoms with van der Waals surface area (Å²) in [6, 6.07) is 8.93. The summed E-state index contributed by atoms with van der Waals surface area (Å²) in [4.78, 5) is 16.6. The summed E-state index contributed by atoms with van der Waals surface area (Å²) in [7, 11) is 0. The van der Waals surface area contributed by atoms with Crippen molar-refractivity contribution in [3.05, 3.63) is 64.0 Å². The average molecular weight is 342 g/mol. The van der Waals surface area contributed by atoms with Crippen molar-refractivity contribution in [1.82, 2.24) is 4.57 Å². The predicted octanol–water partition coefficient (Wildman–Crippen LogP) is 3.66. The third-order valence-corrected chi connectivity index (χ3v) is 4.47. The lowest BCUT2D eigenvalue weighted by Gasteiger charge is -2.01. The third-order valence-electron chi connectivity index (χ3n) is 3.44. The molecule has 0 fully saturated rings. The molecule has 0 N–H and O–H groups in total. The van der Waals surface area contributed by atoms with Gasteiger partial charge in [-0.05, 0) is 25.1 Å². The fourth-order valence-corrected chi connectivity index (χ4v) is 3.37. The molecular weight excluding hydrogens is 330 g/mol. The first-order valence-corrected chi connectivity index (χ1v) is 7.89. The highest BCUT2D eigenvalue weighted by Gasteiger charge is 2.13. The number of fused-ring (bicyclic) bond motifs is 1. The van der Waals surface area contributed by atoms with Gasteiger partial charge in [0.05, 0.1) is 16.8 Å². The molecule has 6 heteroatoms. The van der Waals surface area contributed by atoms with Crippen molar-refractivity contribution in [2.45, 2.75) is 13.5 Å². The molecule has 2 aromatic carbocycles. The van der Waals surface area contributed by atoms with Crippen LogP contribution in [0.25, 0.3) is 10.2 Å². The molecule has 0 saturated carbocycles. The van der Waals surface area contributed by atoms with Crippen LogP contribution in [0.3, 0.4) is 0 Å². The maximum atomic E-state index is 14.1. The molecule has 1 amide bonds. The summed E-state index contributed by atoms with van der Waals surface area (Å²) < 4.78 is 29.3. The van der Waals surface area contributed by atoms with E-state index in [0.29, 0.717) is 10.3 Å². The molecule has 3 rings (SSSR count). The number of hydrogen-bond donors (Lipinski definition) is 0. The number of amides is 1. The molecule has 3 nitrogen and oxygen atoms in total. The van der Waals surface area contributed by atoms with E-state index in [1.807, 2.05) is 6.92 Å². The highest BCUT2D eigenvalue weighted by atomic mass is 32.1. The van der Waals surface area contributed by atoms with Crippen molar-refractivity contribution in [2.75, 3.05) is 0 Å². The highest BCUT2D eigenvalue weighted by Crippen LogP contribution is 2.22. The Morgan fingerprint density at radius 3 is 2.67 bits per heavy atom. The number of carbonyl (C=O) groups is 1. The van der Waals surface area contributed by atoms with Crippen LogP contribution in [0.1, 0.15) is 15.9 Å². The maximum absolute atomic E-state index is 14.1. The molecule has 0 radical (unpaired) electrons. The van der Waals surface area contributed by atoms with Gasteiger partial charge >= 0.3 is 0 Å². The van der Waals surface area contributed by atoms with Gasteiger partial charge in [-0.3, -0.25) is 4.79 Å². The number of hydrogen-bond acceptors (Lipinski definition) is 2. The van der Waals surface area contributed by atoms with Crippen LogP contribution in [0.15, 0.2) is 41.4 Å². The number of terminal acetylenes is 1. The monoisotopic (exact) mass is 342 g/mol. The second kappa shape index (κ2) is 6.38. The Labute approximate surface area is 140 Å². The van der Waals surface area contributed by atoms with E-state index in [9.17, 15) is 13.6 Å². The zero-order chi connectivity index (χ0) is 17.3. The Morgan fingerprint density at radius 2 is 2.00 bits per heavy atom. The van der Waals surface area contributed by atoms with Crippen molar-refractivity contribution < 1.29 is 13.6 Å². The van der Waals surface area contributed by atoms with Crippen molar-refractivity contribution in [3.63, 3.8) is 0 Å². The second-order valence-corrected chi connectivity index (χ2v) is 6.20. The summed E-state index contributed by atoms with van der Waals surface area (Å²) in [5.74, 6) is 0.513. The number of carbonyl (C=O) groups excluding carboxylic acids is 1. The first-order chi connectivity index (χ1) is 11.5. The van der Waals surface area contributed by atoms with Gasteiger partial charge in [0, 0.05) is 11.6 Å². The molecule has 0 aliphatic rings. The zero-order valence-corrected chi connectivity index (χ0v) is 13.5. The normalized spacial score (nSPS) is 11.7. The largest absolute Gasteiger partial charge is 0.302 e. The second-order valence-electron chi connectivity index (χ2n) is 5.19. The van der Waals surface area contributed by atoms with E-state index in [2.05, 4.69) is 10.9 Å². The number of rotatable bonds is 2. The molecule has 1 aromatic heterocycles. The SMILES string of the molecule is C#CCn1c(=NC(=O)c2ccc(C)cc2)sc2cc(F)cc(F)c21. The van der Waals surface area contributed by atoms with Crippen LogP contribution in [0.4, 0.5) is 8.78 Å². The topological polar surface area (TPSA) is 34.4 Å². The van der Waals surface area contributed by atoms with Crippen LogP contribution < -0.4 is 4.80 Å². The van der Waals surface area contributed by atoms with E-state index in [4.69, 9.17) is 6.42 Å². The lowest BCUT2D eigenvalue weighted by atomic mass is 10.1. The van der Waals surface area contributed by atoms with Crippen molar-refractivity contribution >= 4 is 27.5 Å². The van der Waals surface area contributed by atoms with Gasteiger partial charge < -0.3 is 4.57 Å². The molecule has 0 unspecified atom stereocenters. The summed E-state index contributed by atoms with van der Waals surface area (Å²) in [5, 5.41) is 0. The Balaban J connectivity index is 2.19. The van der Waals surface area contributed by atoms with Crippen molar-refractivity contribution in [2.24, 2.45) is 4.99 Å². The van der Waals surface area contributed by atoms with Crippen LogP contribution in [-0.4, -0.2) is 10.5 Å². The van der Waals surface area contributed by atoms with Crippen molar-refractivity contribution in [3.8, 4) is 12.3 Å². The molecule has 0 bridgehead atoms. The predicted molar refractivity (Wildman–Crippen MR) is 89.6 cm³/mol. The molecule has 120 valence electrons. The van der Waals surface area contributed by atoms with Gasteiger partial charge in [0.25, 0.3) is 5.91 Å². The van der Waals surface area contributed by atoms with Gasteiger partial charge in [-0.25, -0.2) is 8.78 Å². The lowest BCUT2D eigenvalue weighted by Crippen LogP contribution is -2.17. The zero-order valence-electron chi connectivity index (χ0n) is 12.7. The smallest absolute Gasteiger partial charge is 0.279 e. The van der Waals surface area contributed by atoms with Crippen molar-refractivity contribution in [1.29, 1.82) is 0 Å². The molecule has 1 heterocycles. The standard InChI is InChI=1S/C18H12F2N2OS/c1-3-8-22-16-14(20)9-13(19)10-15(16)24-18(22)21-17(23)12-6-4-11(2)5-7-12/h1,4-7,9-10H,8H2,2H3. The van der Waals surface area contributed by atoms with E-state index in [1.165, 1.54) is 10.6 Å². The first-order valence-electron chi connectivity index (χ1n) is 7.07. The molecule has 3 aromatic rings. The molecular formula is C18H12F2N2OS.